The topological polar surface area (TPSA) is 62.5 Å². The first kappa shape index (κ1) is 15.1. The van der Waals surface area contributed by atoms with E-state index in [-0.39, 0.29) is 16.9 Å². The Hall–Kier alpha value is -1.33. The number of rotatable bonds is 3. The first-order chi connectivity index (χ1) is 9.45. The van der Waals surface area contributed by atoms with Gasteiger partial charge in [0.25, 0.3) is 5.91 Å². The zero-order valence-electron chi connectivity index (χ0n) is 12.0. The molecule has 6 heteroatoms. The normalized spacial score (nSPS) is 16.7. The van der Waals surface area contributed by atoms with Crippen molar-refractivity contribution in [1.82, 2.24) is 14.8 Å². The lowest BCUT2D eigenvalue weighted by Crippen LogP contribution is -2.40. The van der Waals surface area contributed by atoms with Gasteiger partial charge in [-0.1, -0.05) is 11.6 Å². The molecule has 20 heavy (non-hydrogen) atoms. The molecule has 0 aliphatic carbocycles. The number of nitrogens with two attached hydrogens (primary N) is 1. The Labute approximate surface area is 124 Å². The monoisotopic (exact) mass is 296 g/mol. The van der Waals surface area contributed by atoms with Gasteiger partial charge in [0.2, 0.25) is 0 Å². The second-order valence-corrected chi connectivity index (χ2v) is 5.99. The number of nitrogens with zero attached hydrogens (tertiary/aromatic N) is 3. The fraction of sp³-hybridized carbons (Fsp3) is 0.571. The number of carbonyl (C=O) groups excluding carboxylic acids is 1. The largest absolute Gasteiger partial charge is 0.384 e. The maximum absolute atomic E-state index is 12.4. The summed E-state index contributed by atoms with van der Waals surface area (Å²) >= 11 is 5.85. The number of piperidine rings is 1. The minimum atomic E-state index is -0.00990. The summed E-state index contributed by atoms with van der Waals surface area (Å²) in [5, 5.41) is 0.260. The van der Waals surface area contributed by atoms with Crippen molar-refractivity contribution in [2.75, 3.05) is 39.5 Å². The number of likely N-dealkylation sites (tertiary alicyclic amines) is 1. The molecule has 0 saturated carbocycles. The van der Waals surface area contributed by atoms with Crippen LogP contribution in [-0.2, 0) is 0 Å². The third-order valence-corrected chi connectivity index (χ3v) is 3.78. The lowest BCUT2D eigenvalue weighted by atomic mass is 9.96. The molecule has 5 nitrogen and oxygen atoms in total. The Morgan fingerprint density at radius 1 is 1.45 bits per heavy atom. The predicted octanol–water partition coefficient (Wildman–Crippen LogP) is 1.73. The van der Waals surface area contributed by atoms with Gasteiger partial charge in [0.05, 0.1) is 0 Å². The van der Waals surface area contributed by atoms with E-state index < -0.39 is 0 Å². The molecule has 1 aromatic rings. The molecule has 0 spiro atoms. The highest BCUT2D eigenvalue weighted by Gasteiger charge is 2.24. The van der Waals surface area contributed by atoms with E-state index in [1.807, 2.05) is 4.90 Å². The number of halogens is 1. The van der Waals surface area contributed by atoms with Crippen molar-refractivity contribution < 1.29 is 4.79 Å². The van der Waals surface area contributed by atoms with Gasteiger partial charge >= 0.3 is 0 Å². The molecule has 1 aliphatic heterocycles. The van der Waals surface area contributed by atoms with E-state index in [0.29, 0.717) is 11.5 Å². The van der Waals surface area contributed by atoms with Crippen molar-refractivity contribution in [1.29, 1.82) is 0 Å². The molecular formula is C14H21ClN4O. The molecule has 2 rings (SSSR count). The third-order valence-electron chi connectivity index (χ3n) is 3.59. The predicted molar refractivity (Wildman–Crippen MR) is 80.8 cm³/mol. The van der Waals surface area contributed by atoms with Gasteiger partial charge in [-0.05, 0) is 45.0 Å². The summed E-state index contributed by atoms with van der Waals surface area (Å²) in [5.41, 5.74) is 6.15. The Morgan fingerprint density at radius 3 is 2.65 bits per heavy atom. The SMILES string of the molecule is CN(C)CC1CCN(C(=O)c2cc(N)nc(Cl)c2)CC1. The third kappa shape index (κ3) is 3.84. The first-order valence-corrected chi connectivity index (χ1v) is 7.20. The smallest absolute Gasteiger partial charge is 0.254 e. The maximum atomic E-state index is 12.4. The molecule has 110 valence electrons. The second-order valence-electron chi connectivity index (χ2n) is 5.60. The minimum Gasteiger partial charge on any atom is -0.384 e. The van der Waals surface area contributed by atoms with Gasteiger partial charge in [-0.15, -0.1) is 0 Å². The van der Waals surface area contributed by atoms with Crippen LogP contribution in [-0.4, -0.2) is 54.4 Å². The summed E-state index contributed by atoms with van der Waals surface area (Å²) < 4.78 is 0. The number of hydrogen-bond donors (Lipinski definition) is 1. The van der Waals surface area contributed by atoms with Crippen LogP contribution in [0.2, 0.25) is 5.15 Å². The van der Waals surface area contributed by atoms with E-state index in [1.54, 1.807) is 12.1 Å². The van der Waals surface area contributed by atoms with Crippen molar-refractivity contribution in [3.05, 3.63) is 22.8 Å². The lowest BCUT2D eigenvalue weighted by Gasteiger charge is -2.33. The molecule has 0 atom stereocenters. The molecule has 1 fully saturated rings. The molecule has 0 aromatic carbocycles. The molecule has 1 aromatic heterocycles. The van der Waals surface area contributed by atoms with Gasteiger partial charge in [-0.3, -0.25) is 4.79 Å². The Morgan fingerprint density at radius 2 is 2.10 bits per heavy atom. The van der Waals surface area contributed by atoms with E-state index in [1.165, 1.54) is 0 Å². The van der Waals surface area contributed by atoms with Crippen molar-refractivity contribution in [3.63, 3.8) is 0 Å². The van der Waals surface area contributed by atoms with Gasteiger partial charge in [-0.2, -0.15) is 0 Å². The number of amides is 1. The van der Waals surface area contributed by atoms with Gasteiger partial charge in [0, 0.05) is 25.2 Å². The van der Waals surface area contributed by atoms with Crippen LogP contribution in [0, 0.1) is 5.92 Å². The highest BCUT2D eigenvalue weighted by Crippen LogP contribution is 2.21. The number of anilines is 1. The van der Waals surface area contributed by atoms with Gasteiger partial charge in [0.1, 0.15) is 11.0 Å². The van der Waals surface area contributed by atoms with Crippen LogP contribution in [0.15, 0.2) is 12.1 Å². The van der Waals surface area contributed by atoms with E-state index in [0.717, 1.165) is 32.5 Å². The first-order valence-electron chi connectivity index (χ1n) is 6.83. The molecular weight excluding hydrogens is 276 g/mol. The highest BCUT2D eigenvalue weighted by molar-refractivity contribution is 6.29. The van der Waals surface area contributed by atoms with Gasteiger partial charge in [-0.25, -0.2) is 4.98 Å². The molecule has 1 saturated heterocycles. The van der Waals surface area contributed by atoms with Crippen LogP contribution in [0.1, 0.15) is 23.2 Å². The quantitative estimate of drug-likeness (QED) is 0.863. The number of pyridine rings is 1. The zero-order valence-corrected chi connectivity index (χ0v) is 12.7. The molecule has 2 N–H and O–H groups in total. The Balaban J connectivity index is 1.98. The molecule has 1 aliphatic rings. The number of aromatic nitrogens is 1. The van der Waals surface area contributed by atoms with Crippen LogP contribution in [0.5, 0.6) is 0 Å². The summed E-state index contributed by atoms with van der Waals surface area (Å²) in [7, 11) is 4.17. The Bertz CT molecular complexity index is 464. The highest BCUT2D eigenvalue weighted by atomic mass is 35.5. The Kier molecular flexibility index (Phi) is 4.83. The van der Waals surface area contributed by atoms with Gasteiger partial charge < -0.3 is 15.5 Å². The lowest BCUT2D eigenvalue weighted by molar-refractivity contribution is 0.0678. The van der Waals surface area contributed by atoms with E-state index in [9.17, 15) is 4.79 Å². The second kappa shape index (κ2) is 6.41. The summed E-state index contributed by atoms with van der Waals surface area (Å²) in [6.45, 7) is 2.66. The van der Waals surface area contributed by atoms with Crippen molar-refractivity contribution in [3.8, 4) is 0 Å². The van der Waals surface area contributed by atoms with E-state index >= 15 is 0 Å². The van der Waals surface area contributed by atoms with Gasteiger partial charge in [0.15, 0.2) is 0 Å². The van der Waals surface area contributed by atoms with Crippen LogP contribution in [0.3, 0.4) is 0 Å². The average molecular weight is 297 g/mol. The molecule has 1 amide bonds. The minimum absolute atomic E-state index is 0.00990. The van der Waals surface area contributed by atoms with Crippen LogP contribution in [0.4, 0.5) is 5.82 Å². The van der Waals surface area contributed by atoms with Crippen molar-refractivity contribution >= 4 is 23.3 Å². The van der Waals surface area contributed by atoms with Crippen molar-refractivity contribution in [2.45, 2.75) is 12.8 Å². The van der Waals surface area contributed by atoms with E-state index in [4.69, 9.17) is 17.3 Å². The summed E-state index contributed by atoms with van der Waals surface area (Å²) in [6.07, 6.45) is 2.08. The summed E-state index contributed by atoms with van der Waals surface area (Å²) in [5.74, 6) is 0.938. The zero-order chi connectivity index (χ0) is 14.7. The van der Waals surface area contributed by atoms with Crippen molar-refractivity contribution in [2.24, 2.45) is 5.92 Å². The van der Waals surface area contributed by atoms with Crippen LogP contribution < -0.4 is 5.73 Å². The summed E-state index contributed by atoms with van der Waals surface area (Å²) in [4.78, 5) is 20.4. The number of nitrogen functional groups attached to an aromatic ring is 1. The molecule has 0 unspecified atom stereocenters. The molecule has 0 radical (unpaired) electrons. The number of hydrogen-bond acceptors (Lipinski definition) is 4. The van der Waals surface area contributed by atoms with E-state index in [2.05, 4.69) is 24.0 Å². The molecule has 2 heterocycles. The summed E-state index contributed by atoms with van der Waals surface area (Å²) in [6, 6.07) is 3.16. The fourth-order valence-corrected chi connectivity index (χ4v) is 2.87. The standard InChI is InChI=1S/C14H21ClN4O/c1-18(2)9-10-3-5-19(6-4-10)14(20)11-7-12(15)17-13(16)8-11/h7-8,10H,3-6,9H2,1-2H3,(H2,16,17). The number of carbonyl (C=O) groups is 1. The van der Waals surface area contributed by atoms with Crippen LogP contribution >= 0.6 is 11.6 Å². The molecule has 0 bridgehead atoms. The fourth-order valence-electron chi connectivity index (χ4n) is 2.66. The average Bonchev–Trinajstić information content (AvgIpc) is 2.37. The van der Waals surface area contributed by atoms with Crippen LogP contribution in [0.25, 0.3) is 0 Å². The maximum Gasteiger partial charge on any atom is 0.254 e.